The SMILES string of the molecule is NCC1CCCC1CCc1ccc2c(c1)CCO2. The Morgan fingerprint density at radius 1 is 1.22 bits per heavy atom. The summed E-state index contributed by atoms with van der Waals surface area (Å²) < 4.78 is 5.55. The van der Waals surface area contributed by atoms with Crippen LogP contribution < -0.4 is 10.5 Å². The van der Waals surface area contributed by atoms with Gasteiger partial charge in [0.05, 0.1) is 6.61 Å². The highest BCUT2D eigenvalue weighted by Gasteiger charge is 2.25. The Labute approximate surface area is 110 Å². The van der Waals surface area contributed by atoms with Gasteiger partial charge < -0.3 is 10.5 Å². The van der Waals surface area contributed by atoms with E-state index >= 15 is 0 Å². The lowest BCUT2D eigenvalue weighted by molar-refractivity contribution is 0.356. The maximum atomic E-state index is 5.85. The molecule has 0 amide bonds. The largest absolute Gasteiger partial charge is 0.493 e. The zero-order chi connectivity index (χ0) is 12.4. The predicted octanol–water partition coefficient (Wildman–Crippen LogP) is 2.93. The summed E-state index contributed by atoms with van der Waals surface area (Å²) in [5, 5.41) is 0. The number of benzene rings is 1. The smallest absolute Gasteiger partial charge is 0.122 e. The maximum Gasteiger partial charge on any atom is 0.122 e. The molecule has 2 aliphatic rings. The third-order valence-electron chi connectivity index (χ3n) is 4.68. The maximum absolute atomic E-state index is 5.85. The fraction of sp³-hybridized carbons (Fsp3) is 0.625. The first kappa shape index (κ1) is 12.0. The van der Waals surface area contributed by atoms with Crippen LogP contribution in [0.3, 0.4) is 0 Å². The average molecular weight is 245 g/mol. The van der Waals surface area contributed by atoms with Crippen molar-refractivity contribution < 1.29 is 4.74 Å². The lowest BCUT2D eigenvalue weighted by Gasteiger charge is -2.17. The molecule has 1 aliphatic heterocycles. The topological polar surface area (TPSA) is 35.2 Å². The Morgan fingerprint density at radius 2 is 2.11 bits per heavy atom. The number of aryl methyl sites for hydroxylation is 1. The van der Waals surface area contributed by atoms with Crippen molar-refractivity contribution in [2.45, 2.75) is 38.5 Å². The van der Waals surface area contributed by atoms with Crippen LogP contribution in [-0.2, 0) is 12.8 Å². The number of hydrogen-bond acceptors (Lipinski definition) is 2. The summed E-state index contributed by atoms with van der Waals surface area (Å²) in [7, 11) is 0. The van der Waals surface area contributed by atoms with Gasteiger partial charge in [-0.25, -0.2) is 0 Å². The molecule has 98 valence electrons. The molecule has 1 aromatic carbocycles. The summed E-state index contributed by atoms with van der Waals surface area (Å²) in [5.41, 5.74) is 8.72. The molecule has 1 heterocycles. The first-order chi connectivity index (χ1) is 8.86. The minimum atomic E-state index is 0.780. The Morgan fingerprint density at radius 3 is 3.00 bits per heavy atom. The fourth-order valence-electron chi connectivity index (χ4n) is 3.55. The molecule has 0 aromatic heterocycles. The van der Waals surface area contributed by atoms with Gasteiger partial charge in [0.15, 0.2) is 0 Å². The summed E-state index contributed by atoms with van der Waals surface area (Å²) in [6.45, 7) is 1.74. The monoisotopic (exact) mass is 245 g/mol. The van der Waals surface area contributed by atoms with Gasteiger partial charge in [0.1, 0.15) is 5.75 Å². The molecule has 1 aromatic rings. The number of ether oxygens (including phenoxy) is 1. The minimum absolute atomic E-state index is 0.780. The van der Waals surface area contributed by atoms with E-state index in [1.807, 2.05) is 0 Å². The summed E-state index contributed by atoms with van der Waals surface area (Å²) in [5.74, 6) is 2.74. The van der Waals surface area contributed by atoms with Gasteiger partial charge in [0.2, 0.25) is 0 Å². The molecular formula is C16H23NO. The molecule has 2 nitrogen and oxygen atoms in total. The summed E-state index contributed by atoms with van der Waals surface area (Å²) >= 11 is 0. The molecule has 0 saturated heterocycles. The minimum Gasteiger partial charge on any atom is -0.493 e. The van der Waals surface area contributed by atoms with Crippen molar-refractivity contribution in [1.82, 2.24) is 0 Å². The van der Waals surface area contributed by atoms with Crippen molar-refractivity contribution in [1.29, 1.82) is 0 Å². The van der Waals surface area contributed by atoms with Gasteiger partial charge >= 0.3 is 0 Å². The van der Waals surface area contributed by atoms with E-state index in [9.17, 15) is 0 Å². The van der Waals surface area contributed by atoms with Gasteiger partial charge in [-0.1, -0.05) is 25.0 Å². The Balaban J connectivity index is 1.60. The van der Waals surface area contributed by atoms with E-state index in [0.29, 0.717) is 0 Å². The van der Waals surface area contributed by atoms with Gasteiger partial charge in [-0.05, 0) is 54.8 Å². The lowest BCUT2D eigenvalue weighted by atomic mass is 9.90. The second-order valence-electron chi connectivity index (χ2n) is 5.77. The van der Waals surface area contributed by atoms with Crippen LogP contribution in [0.1, 0.15) is 36.8 Å². The normalized spacial score (nSPS) is 26.1. The van der Waals surface area contributed by atoms with Gasteiger partial charge in [-0.2, -0.15) is 0 Å². The van der Waals surface area contributed by atoms with Crippen LogP contribution in [0.5, 0.6) is 5.75 Å². The Bertz CT molecular complexity index is 416. The van der Waals surface area contributed by atoms with Crippen molar-refractivity contribution in [3.63, 3.8) is 0 Å². The van der Waals surface area contributed by atoms with Gasteiger partial charge in [-0.3, -0.25) is 0 Å². The van der Waals surface area contributed by atoms with Crippen molar-refractivity contribution in [2.24, 2.45) is 17.6 Å². The lowest BCUT2D eigenvalue weighted by Crippen LogP contribution is -2.18. The van der Waals surface area contributed by atoms with E-state index in [-0.39, 0.29) is 0 Å². The van der Waals surface area contributed by atoms with E-state index in [0.717, 1.165) is 37.2 Å². The van der Waals surface area contributed by atoms with Crippen molar-refractivity contribution >= 4 is 0 Å². The Hall–Kier alpha value is -1.02. The summed E-state index contributed by atoms with van der Waals surface area (Å²) in [4.78, 5) is 0. The molecule has 1 aliphatic carbocycles. The van der Waals surface area contributed by atoms with Gasteiger partial charge in [-0.15, -0.1) is 0 Å². The zero-order valence-corrected chi connectivity index (χ0v) is 11.0. The van der Waals surface area contributed by atoms with Crippen LogP contribution in [0.15, 0.2) is 18.2 Å². The van der Waals surface area contributed by atoms with Crippen LogP contribution in [-0.4, -0.2) is 13.2 Å². The van der Waals surface area contributed by atoms with E-state index in [4.69, 9.17) is 10.5 Å². The Kier molecular flexibility index (Phi) is 3.55. The molecule has 0 radical (unpaired) electrons. The predicted molar refractivity (Wildman–Crippen MR) is 73.8 cm³/mol. The van der Waals surface area contributed by atoms with Gasteiger partial charge in [0, 0.05) is 6.42 Å². The molecule has 2 N–H and O–H groups in total. The van der Waals surface area contributed by atoms with Crippen molar-refractivity contribution in [2.75, 3.05) is 13.2 Å². The van der Waals surface area contributed by atoms with E-state index in [1.165, 1.54) is 43.2 Å². The quantitative estimate of drug-likeness (QED) is 0.885. The van der Waals surface area contributed by atoms with Crippen molar-refractivity contribution in [3.8, 4) is 5.75 Å². The van der Waals surface area contributed by atoms with Crippen LogP contribution in [0, 0.1) is 11.8 Å². The summed E-state index contributed by atoms with van der Waals surface area (Å²) in [6, 6.07) is 6.72. The first-order valence-corrected chi connectivity index (χ1v) is 7.31. The van der Waals surface area contributed by atoms with E-state index < -0.39 is 0 Å². The van der Waals surface area contributed by atoms with Crippen LogP contribution in [0.25, 0.3) is 0 Å². The third-order valence-corrected chi connectivity index (χ3v) is 4.68. The van der Waals surface area contributed by atoms with Gasteiger partial charge in [0.25, 0.3) is 0 Å². The third kappa shape index (κ3) is 2.39. The first-order valence-electron chi connectivity index (χ1n) is 7.31. The molecule has 0 spiro atoms. The molecule has 3 rings (SSSR count). The molecular weight excluding hydrogens is 222 g/mol. The molecule has 1 fully saturated rings. The number of rotatable bonds is 4. The van der Waals surface area contributed by atoms with Crippen LogP contribution in [0.4, 0.5) is 0 Å². The number of fused-ring (bicyclic) bond motifs is 1. The number of hydrogen-bond donors (Lipinski definition) is 1. The average Bonchev–Trinajstić information content (AvgIpc) is 3.04. The van der Waals surface area contributed by atoms with E-state index in [2.05, 4.69) is 18.2 Å². The zero-order valence-electron chi connectivity index (χ0n) is 11.0. The molecule has 1 saturated carbocycles. The highest BCUT2D eigenvalue weighted by molar-refractivity contribution is 5.39. The number of nitrogens with two attached hydrogens (primary N) is 1. The van der Waals surface area contributed by atoms with Crippen molar-refractivity contribution in [3.05, 3.63) is 29.3 Å². The van der Waals surface area contributed by atoms with Crippen LogP contribution in [0.2, 0.25) is 0 Å². The standard InChI is InChI=1S/C16H23NO/c17-11-15-3-1-2-13(15)6-4-12-5-7-16-14(10-12)8-9-18-16/h5,7,10,13,15H,1-4,6,8-9,11,17H2. The fourth-order valence-corrected chi connectivity index (χ4v) is 3.55. The molecule has 2 atom stereocenters. The second-order valence-corrected chi connectivity index (χ2v) is 5.77. The summed E-state index contributed by atoms with van der Waals surface area (Å²) in [6.07, 6.45) is 7.70. The molecule has 2 heteroatoms. The van der Waals surface area contributed by atoms with E-state index in [1.54, 1.807) is 0 Å². The van der Waals surface area contributed by atoms with Crippen LogP contribution >= 0.6 is 0 Å². The highest BCUT2D eigenvalue weighted by Crippen LogP contribution is 2.34. The molecule has 18 heavy (non-hydrogen) atoms. The highest BCUT2D eigenvalue weighted by atomic mass is 16.5. The molecule has 2 unspecified atom stereocenters. The second kappa shape index (κ2) is 5.31. The molecule has 0 bridgehead atoms.